The van der Waals surface area contributed by atoms with E-state index in [1.807, 2.05) is 0 Å². The van der Waals surface area contributed by atoms with Gasteiger partial charge in [-0.2, -0.15) is 0 Å². The van der Waals surface area contributed by atoms with Gasteiger partial charge in [0.25, 0.3) is 0 Å². The van der Waals surface area contributed by atoms with Gasteiger partial charge in [-0.05, 0) is 37.3 Å². The zero-order valence-corrected chi connectivity index (χ0v) is 11.5. The first-order chi connectivity index (χ1) is 7.57. The second kappa shape index (κ2) is 6.61. The van der Waals surface area contributed by atoms with Crippen LogP contribution in [-0.4, -0.2) is 31.1 Å². The number of likely N-dealkylation sites (tertiary alicyclic amines) is 1. The van der Waals surface area contributed by atoms with Gasteiger partial charge in [0.05, 0.1) is 0 Å². The van der Waals surface area contributed by atoms with Gasteiger partial charge in [-0.1, -0.05) is 40.0 Å². The van der Waals surface area contributed by atoms with Crippen LogP contribution in [-0.2, 0) is 0 Å². The van der Waals surface area contributed by atoms with Gasteiger partial charge in [0.2, 0.25) is 0 Å². The van der Waals surface area contributed by atoms with Crippen molar-refractivity contribution < 1.29 is 0 Å². The quantitative estimate of drug-likeness (QED) is 0.676. The molecule has 0 aromatic carbocycles. The second-order valence-corrected chi connectivity index (χ2v) is 6.25. The van der Waals surface area contributed by atoms with E-state index in [-0.39, 0.29) is 0 Å². The van der Waals surface area contributed by atoms with Crippen LogP contribution in [0.3, 0.4) is 0 Å². The molecule has 0 bridgehead atoms. The molecule has 0 aliphatic carbocycles. The molecule has 1 aliphatic rings. The molecule has 0 aromatic heterocycles. The van der Waals surface area contributed by atoms with E-state index in [0.717, 1.165) is 12.5 Å². The first kappa shape index (κ1) is 14.0. The zero-order valence-electron chi connectivity index (χ0n) is 11.5. The molecule has 0 amide bonds. The van der Waals surface area contributed by atoms with Crippen LogP contribution in [0.1, 0.15) is 52.9 Å². The van der Waals surface area contributed by atoms with Gasteiger partial charge in [-0.25, -0.2) is 0 Å². The van der Waals surface area contributed by atoms with E-state index in [2.05, 4.69) is 25.7 Å². The second-order valence-electron chi connectivity index (χ2n) is 6.25. The van der Waals surface area contributed by atoms with Gasteiger partial charge in [0.15, 0.2) is 0 Å². The number of hydrogen-bond donors (Lipinski definition) is 1. The molecule has 1 unspecified atom stereocenters. The highest BCUT2D eigenvalue weighted by Crippen LogP contribution is 2.27. The largest absolute Gasteiger partial charge is 0.330 e. The maximum atomic E-state index is 5.73. The SMILES string of the molecule is CCCCCC(C)(C)CN1CCC(CN)C1. The van der Waals surface area contributed by atoms with Crippen molar-refractivity contribution in [3.8, 4) is 0 Å². The summed E-state index contributed by atoms with van der Waals surface area (Å²) in [7, 11) is 0. The highest BCUT2D eigenvalue weighted by atomic mass is 15.2. The molecule has 0 saturated carbocycles. The molecule has 2 nitrogen and oxygen atoms in total. The van der Waals surface area contributed by atoms with E-state index in [1.165, 1.54) is 51.7 Å². The molecule has 96 valence electrons. The Morgan fingerprint density at radius 3 is 2.62 bits per heavy atom. The predicted octanol–water partition coefficient (Wildman–Crippen LogP) is 2.87. The number of nitrogens with zero attached hydrogens (tertiary/aromatic N) is 1. The summed E-state index contributed by atoms with van der Waals surface area (Å²) in [4.78, 5) is 2.61. The molecule has 1 saturated heterocycles. The normalized spacial score (nSPS) is 22.9. The molecule has 1 rings (SSSR count). The predicted molar refractivity (Wildman–Crippen MR) is 71.5 cm³/mol. The minimum atomic E-state index is 0.485. The zero-order chi connectivity index (χ0) is 12.0. The number of unbranched alkanes of at least 4 members (excludes halogenated alkanes) is 2. The van der Waals surface area contributed by atoms with Crippen LogP contribution in [0.4, 0.5) is 0 Å². The lowest BCUT2D eigenvalue weighted by Crippen LogP contribution is -2.33. The van der Waals surface area contributed by atoms with Gasteiger partial charge in [-0.3, -0.25) is 0 Å². The lowest BCUT2D eigenvalue weighted by Gasteiger charge is -2.30. The third-order valence-corrected chi connectivity index (χ3v) is 3.81. The van der Waals surface area contributed by atoms with Crippen LogP contribution in [0.15, 0.2) is 0 Å². The molecule has 1 atom stereocenters. The maximum absolute atomic E-state index is 5.73. The van der Waals surface area contributed by atoms with Crippen molar-refractivity contribution in [2.75, 3.05) is 26.2 Å². The van der Waals surface area contributed by atoms with Crippen molar-refractivity contribution in [2.45, 2.75) is 52.9 Å². The minimum Gasteiger partial charge on any atom is -0.330 e. The van der Waals surface area contributed by atoms with Crippen LogP contribution in [0.2, 0.25) is 0 Å². The van der Waals surface area contributed by atoms with Gasteiger partial charge < -0.3 is 10.6 Å². The Balaban J connectivity index is 2.24. The Bertz CT molecular complexity index is 189. The first-order valence-corrected chi connectivity index (χ1v) is 7.00. The Morgan fingerprint density at radius 1 is 1.31 bits per heavy atom. The van der Waals surface area contributed by atoms with Gasteiger partial charge in [0.1, 0.15) is 0 Å². The molecular formula is C14H30N2. The molecule has 1 aliphatic heterocycles. The fourth-order valence-corrected chi connectivity index (χ4v) is 2.79. The van der Waals surface area contributed by atoms with Gasteiger partial charge in [-0.15, -0.1) is 0 Å². The minimum absolute atomic E-state index is 0.485. The van der Waals surface area contributed by atoms with E-state index >= 15 is 0 Å². The van der Waals surface area contributed by atoms with Crippen LogP contribution in [0.25, 0.3) is 0 Å². The summed E-state index contributed by atoms with van der Waals surface area (Å²) in [6.07, 6.45) is 6.77. The summed E-state index contributed by atoms with van der Waals surface area (Å²) in [5, 5.41) is 0. The lowest BCUT2D eigenvalue weighted by molar-refractivity contribution is 0.189. The molecule has 1 heterocycles. The van der Waals surface area contributed by atoms with Crippen LogP contribution >= 0.6 is 0 Å². The molecule has 1 fully saturated rings. The van der Waals surface area contributed by atoms with Crippen LogP contribution < -0.4 is 5.73 Å². The van der Waals surface area contributed by atoms with E-state index in [1.54, 1.807) is 0 Å². The first-order valence-electron chi connectivity index (χ1n) is 7.00. The Labute approximate surface area is 102 Å². The standard InChI is InChI=1S/C14H30N2/c1-4-5-6-8-14(2,3)12-16-9-7-13(10-15)11-16/h13H,4-12,15H2,1-3H3. The Kier molecular flexibility index (Phi) is 5.77. The van der Waals surface area contributed by atoms with Crippen molar-refractivity contribution in [2.24, 2.45) is 17.1 Å². The molecule has 0 radical (unpaired) electrons. The third-order valence-electron chi connectivity index (χ3n) is 3.81. The highest BCUT2D eigenvalue weighted by Gasteiger charge is 2.27. The maximum Gasteiger partial charge on any atom is 0.00328 e. The lowest BCUT2D eigenvalue weighted by atomic mass is 9.86. The van der Waals surface area contributed by atoms with E-state index in [4.69, 9.17) is 5.73 Å². The van der Waals surface area contributed by atoms with Crippen molar-refractivity contribution in [3.05, 3.63) is 0 Å². The number of hydrogen-bond acceptors (Lipinski definition) is 2. The van der Waals surface area contributed by atoms with Gasteiger partial charge >= 0.3 is 0 Å². The van der Waals surface area contributed by atoms with Crippen LogP contribution in [0.5, 0.6) is 0 Å². The average molecular weight is 226 g/mol. The van der Waals surface area contributed by atoms with Crippen molar-refractivity contribution in [3.63, 3.8) is 0 Å². The van der Waals surface area contributed by atoms with E-state index < -0.39 is 0 Å². The van der Waals surface area contributed by atoms with Crippen LogP contribution in [0, 0.1) is 11.3 Å². The van der Waals surface area contributed by atoms with Crippen molar-refractivity contribution in [1.29, 1.82) is 0 Å². The highest BCUT2D eigenvalue weighted by molar-refractivity contribution is 4.81. The topological polar surface area (TPSA) is 29.3 Å². The summed E-state index contributed by atoms with van der Waals surface area (Å²) in [6.45, 7) is 11.7. The Morgan fingerprint density at radius 2 is 2.06 bits per heavy atom. The molecule has 2 heteroatoms. The summed E-state index contributed by atoms with van der Waals surface area (Å²) >= 11 is 0. The summed E-state index contributed by atoms with van der Waals surface area (Å²) < 4.78 is 0. The van der Waals surface area contributed by atoms with Crippen molar-refractivity contribution >= 4 is 0 Å². The molecular weight excluding hydrogens is 196 g/mol. The molecule has 0 spiro atoms. The van der Waals surface area contributed by atoms with Crippen molar-refractivity contribution in [1.82, 2.24) is 4.90 Å². The number of nitrogens with two attached hydrogens (primary N) is 1. The molecule has 0 aromatic rings. The number of rotatable bonds is 7. The fourth-order valence-electron chi connectivity index (χ4n) is 2.79. The molecule has 2 N–H and O–H groups in total. The van der Waals surface area contributed by atoms with Gasteiger partial charge in [0, 0.05) is 13.1 Å². The summed E-state index contributed by atoms with van der Waals surface area (Å²) in [5.74, 6) is 0.756. The fraction of sp³-hybridized carbons (Fsp3) is 1.00. The smallest absolute Gasteiger partial charge is 0.00328 e. The molecule has 16 heavy (non-hydrogen) atoms. The summed E-state index contributed by atoms with van der Waals surface area (Å²) in [5.41, 5.74) is 6.22. The third kappa shape index (κ3) is 4.84. The Hall–Kier alpha value is -0.0800. The monoisotopic (exact) mass is 226 g/mol. The summed E-state index contributed by atoms with van der Waals surface area (Å²) in [6, 6.07) is 0. The van der Waals surface area contributed by atoms with E-state index in [0.29, 0.717) is 5.41 Å². The average Bonchev–Trinajstić information content (AvgIpc) is 2.65. The van der Waals surface area contributed by atoms with E-state index in [9.17, 15) is 0 Å².